The number of hydrogen-bond acceptors (Lipinski definition) is 4. The highest BCUT2D eigenvalue weighted by molar-refractivity contribution is 5.56. The van der Waals surface area contributed by atoms with E-state index in [1.165, 1.54) is 5.56 Å². The molecule has 0 saturated carbocycles. The number of rotatable bonds is 4. The van der Waals surface area contributed by atoms with Crippen LogP contribution in [0, 0.1) is 25.2 Å². The van der Waals surface area contributed by atoms with Gasteiger partial charge in [0.05, 0.1) is 5.56 Å². The van der Waals surface area contributed by atoms with Gasteiger partial charge < -0.3 is 5.32 Å². The largest absolute Gasteiger partial charge is 0.366 e. The molecule has 0 radical (unpaired) electrons. The van der Waals surface area contributed by atoms with E-state index in [0.29, 0.717) is 11.6 Å². The summed E-state index contributed by atoms with van der Waals surface area (Å²) in [6, 6.07) is 15.3. The number of likely N-dealkylation sites (tertiary alicyclic amines) is 1. The first-order chi connectivity index (χ1) is 11.7. The van der Waals surface area contributed by atoms with Gasteiger partial charge in [0.1, 0.15) is 11.9 Å². The Morgan fingerprint density at radius 2 is 1.92 bits per heavy atom. The molecule has 0 aliphatic carbocycles. The van der Waals surface area contributed by atoms with E-state index in [1.807, 2.05) is 19.9 Å². The maximum Gasteiger partial charge on any atom is 0.144 e. The van der Waals surface area contributed by atoms with Gasteiger partial charge >= 0.3 is 0 Å². The Kier molecular flexibility index (Phi) is 5.12. The van der Waals surface area contributed by atoms with Gasteiger partial charge in [-0.25, -0.2) is 4.98 Å². The van der Waals surface area contributed by atoms with Crippen LogP contribution in [0.25, 0.3) is 0 Å². The molecule has 1 aromatic heterocycles. The molecule has 4 nitrogen and oxygen atoms in total. The first-order valence-electron chi connectivity index (χ1n) is 8.57. The molecular formula is C20H24N4. The number of aryl methyl sites for hydroxylation is 2. The predicted molar refractivity (Wildman–Crippen MR) is 96.8 cm³/mol. The molecule has 1 aliphatic heterocycles. The maximum atomic E-state index is 9.39. The average Bonchev–Trinajstić information content (AvgIpc) is 2.57. The molecule has 3 rings (SSSR count). The third-order valence-electron chi connectivity index (χ3n) is 4.63. The van der Waals surface area contributed by atoms with Gasteiger partial charge in [-0.3, -0.25) is 4.90 Å². The van der Waals surface area contributed by atoms with Crippen molar-refractivity contribution in [2.45, 2.75) is 39.3 Å². The molecule has 1 fully saturated rings. The fraction of sp³-hybridized carbons (Fsp3) is 0.400. The van der Waals surface area contributed by atoms with Gasteiger partial charge in [0.2, 0.25) is 0 Å². The van der Waals surface area contributed by atoms with Gasteiger partial charge in [-0.15, -0.1) is 0 Å². The summed E-state index contributed by atoms with van der Waals surface area (Å²) < 4.78 is 0. The molecule has 0 amide bonds. The van der Waals surface area contributed by atoms with Gasteiger partial charge in [-0.1, -0.05) is 30.3 Å². The van der Waals surface area contributed by atoms with Gasteiger partial charge in [0.25, 0.3) is 0 Å². The minimum Gasteiger partial charge on any atom is -0.366 e. The topological polar surface area (TPSA) is 52.0 Å². The van der Waals surface area contributed by atoms with E-state index in [4.69, 9.17) is 0 Å². The molecule has 0 bridgehead atoms. The summed E-state index contributed by atoms with van der Waals surface area (Å²) >= 11 is 0. The Labute approximate surface area is 144 Å². The first kappa shape index (κ1) is 16.5. The molecule has 2 aromatic rings. The van der Waals surface area contributed by atoms with E-state index in [-0.39, 0.29) is 0 Å². The van der Waals surface area contributed by atoms with Gasteiger partial charge in [-0.2, -0.15) is 5.26 Å². The van der Waals surface area contributed by atoms with Crippen molar-refractivity contribution in [1.29, 1.82) is 5.26 Å². The Hall–Kier alpha value is -2.38. The van der Waals surface area contributed by atoms with Crippen molar-refractivity contribution in [3.05, 3.63) is 58.8 Å². The maximum absolute atomic E-state index is 9.39. The number of anilines is 1. The Balaban J connectivity index is 1.59. The Morgan fingerprint density at radius 1 is 1.21 bits per heavy atom. The van der Waals surface area contributed by atoms with Crippen LogP contribution in [0.3, 0.4) is 0 Å². The quantitative estimate of drug-likeness (QED) is 0.934. The number of pyridine rings is 1. The summed E-state index contributed by atoms with van der Waals surface area (Å²) in [4.78, 5) is 7.03. The lowest BCUT2D eigenvalue weighted by atomic mass is 10.0. The number of benzene rings is 1. The van der Waals surface area contributed by atoms with Gasteiger partial charge in [0, 0.05) is 31.4 Å². The van der Waals surface area contributed by atoms with Crippen LogP contribution >= 0.6 is 0 Å². The number of piperidine rings is 1. The van der Waals surface area contributed by atoms with Crippen LogP contribution in [0.4, 0.5) is 5.82 Å². The van der Waals surface area contributed by atoms with Crippen molar-refractivity contribution in [2.75, 3.05) is 18.4 Å². The summed E-state index contributed by atoms with van der Waals surface area (Å²) in [5.41, 5.74) is 3.99. The highest BCUT2D eigenvalue weighted by atomic mass is 15.1. The predicted octanol–water partition coefficient (Wildman–Crippen LogP) is 3.65. The van der Waals surface area contributed by atoms with Crippen LogP contribution in [0.5, 0.6) is 0 Å². The fourth-order valence-electron chi connectivity index (χ4n) is 3.35. The zero-order valence-electron chi connectivity index (χ0n) is 14.4. The van der Waals surface area contributed by atoms with Crippen LogP contribution in [-0.2, 0) is 6.54 Å². The lowest BCUT2D eigenvalue weighted by Crippen LogP contribution is -2.39. The molecule has 0 spiro atoms. The fourth-order valence-corrected chi connectivity index (χ4v) is 3.35. The van der Waals surface area contributed by atoms with Gasteiger partial charge in [-0.05, 0) is 43.9 Å². The molecule has 1 N–H and O–H groups in total. The second-order valence-corrected chi connectivity index (χ2v) is 6.60. The zero-order valence-corrected chi connectivity index (χ0v) is 14.4. The third kappa shape index (κ3) is 3.93. The molecule has 2 heterocycles. The van der Waals surface area contributed by atoms with E-state index >= 15 is 0 Å². The molecule has 24 heavy (non-hydrogen) atoms. The number of nitrogens with zero attached hydrogens (tertiary/aromatic N) is 3. The van der Waals surface area contributed by atoms with Crippen molar-refractivity contribution in [3.63, 3.8) is 0 Å². The van der Waals surface area contributed by atoms with Crippen LogP contribution in [-0.4, -0.2) is 29.0 Å². The number of aromatic nitrogens is 1. The molecular weight excluding hydrogens is 296 g/mol. The average molecular weight is 320 g/mol. The van der Waals surface area contributed by atoms with Crippen LogP contribution in [0.15, 0.2) is 36.4 Å². The van der Waals surface area contributed by atoms with E-state index in [0.717, 1.165) is 49.6 Å². The molecule has 0 atom stereocenters. The molecule has 4 heteroatoms. The highest BCUT2D eigenvalue weighted by Gasteiger charge is 2.21. The zero-order chi connectivity index (χ0) is 16.9. The normalized spacial score (nSPS) is 15.9. The smallest absolute Gasteiger partial charge is 0.144 e. The van der Waals surface area contributed by atoms with Crippen molar-refractivity contribution in [2.24, 2.45) is 0 Å². The summed E-state index contributed by atoms with van der Waals surface area (Å²) in [5.74, 6) is 0.747. The van der Waals surface area contributed by atoms with E-state index in [9.17, 15) is 5.26 Å². The molecule has 0 unspecified atom stereocenters. The first-order valence-corrected chi connectivity index (χ1v) is 8.57. The van der Waals surface area contributed by atoms with Crippen LogP contribution < -0.4 is 5.32 Å². The minimum atomic E-state index is 0.387. The van der Waals surface area contributed by atoms with Crippen LogP contribution in [0.1, 0.15) is 35.2 Å². The summed E-state index contributed by atoms with van der Waals surface area (Å²) in [6.45, 7) is 7.10. The van der Waals surface area contributed by atoms with E-state index in [2.05, 4.69) is 51.6 Å². The Bertz CT molecular complexity index is 725. The van der Waals surface area contributed by atoms with Crippen molar-refractivity contribution in [3.8, 4) is 6.07 Å². The molecule has 1 aromatic carbocycles. The highest BCUT2D eigenvalue weighted by Crippen LogP contribution is 2.22. The summed E-state index contributed by atoms with van der Waals surface area (Å²) in [5, 5.41) is 12.9. The summed E-state index contributed by atoms with van der Waals surface area (Å²) in [6.07, 6.45) is 2.15. The standard InChI is InChI=1S/C20H24N4/c1-15-12-16(2)22-20(19(15)13-21)23-18-8-10-24(11-9-18)14-17-6-4-3-5-7-17/h3-7,12,18H,8-11,14H2,1-2H3,(H,22,23). The van der Waals surface area contributed by atoms with Crippen LogP contribution in [0.2, 0.25) is 0 Å². The lowest BCUT2D eigenvalue weighted by molar-refractivity contribution is 0.211. The van der Waals surface area contributed by atoms with Crippen molar-refractivity contribution >= 4 is 5.82 Å². The third-order valence-corrected chi connectivity index (χ3v) is 4.63. The number of nitriles is 1. The van der Waals surface area contributed by atoms with Crippen molar-refractivity contribution in [1.82, 2.24) is 9.88 Å². The molecule has 124 valence electrons. The minimum absolute atomic E-state index is 0.387. The second kappa shape index (κ2) is 7.46. The van der Waals surface area contributed by atoms with Crippen molar-refractivity contribution < 1.29 is 0 Å². The van der Waals surface area contributed by atoms with Gasteiger partial charge in [0.15, 0.2) is 0 Å². The molecule has 1 saturated heterocycles. The monoisotopic (exact) mass is 320 g/mol. The number of nitrogens with one attached hydrogen (secondary N) is 1. The lowest BCUT2D eigenvalue weighted by Gasteiger charge is -2.32. The molecule has 1 aliphatic rings. The Morgan fingerprint density at radius 3 is 2.58 bits per heavy atom. The summed E-state index contributed by atoms with van der Waals surface area (Å²) in [7, 11) is 0. The number of hydrogen-bond donors (Lipinski definition) is 1. The second-order valence-electron chi connectivity index (χ2n) is 6.60. The van der Waals surface area contributed by atoms with E-state index in [1.54, 1.807) is 0 Å². The van der Waals surface area contributed by atoms with E-state index < -0.39 is 0 Å². The SMILES string of the molecule is Cc1cc(C)c(C#N)c(NC2CCN(Cc3ccccc3)CC2)n1.